The van der Waals surface area contributed by atoms with E-state index in [-0.39, 0.29) is 12.1 Å². The Kier molecular flexibility index (Phi) is 3.18. The quantitative estimate of drug-likeness (QED) is 0.701. The summed E-state index contributed by atoms with van der Waals surface area (Å²) in [4.78, 5) is 16.9. The van der Waals surface area contributed by atoms with Crippen LogP contribution in [0.15, 0.2) is 0 Å². The van der Waals surface area contributed by atoms with Gasteiger partial charge in [-0.15, -0.1) is 5.10 Å². The molecule has 1 saturated heterocycles. The largest absolute Gasteiger partial charge is 0.382 e. The van der Waals surface area contributed by atoms with Gasteiger partial charge in [-0.3, -0.25) is 4.90 Å². The molecule has 1 aromatic heterocycles. The van der Waals surface area contributed by atoms with E-state index in [9.17, 15) is 4.79 Å². The van der Waals surface area contributed by atoms with Gasteiger partial charge >= 0.3 is 6.03 Å². The van der Waals surface area contributed by atoms with Crippen molar-refractivity contribution < 1.29 is 4.79 Å². The number of hydrogen-bond acceptors (Lipinski definition) is 5. The van der Waals surface area contributed by atoms with Gasteiger partial charge in [0.05, 0.1) is 5.69 Å². The van der Waals surface area contributed by atoms with Crippen LogP contribution < -0.4 is 11.1 Å². The van der Waals surface area contributed by atoms with Gasteiger partial charge in [0.1, 0.15) is 0 Å². The number of piperazine rings is 1. The first-order valence-corrected chi connectivity index (χ1v) is 7.07. The van der Waals surface area contributed by atoms with Crippen molar-refractivity contribution in [3.63, 3.8) is 0 Å². The number of carbonyl (C=O) groups is 1. The SMILES string of the molecule is C[C@@H]1CN(C(=O)n2nc(N)c3c2CNC3)[C@@H](C)CN1C. The highest BCUT2D eigenvalue weighted by atomic mass is 16.2. The molecule has 2 atom stereocenters. The van der Waals surface area contributed by atoms with Crippen LogP contribution in [-0.4, -0.2) is 57.8 Å². The predicted molar refractivity (Wildman–Crippen MR) is 76.2 cm³/mol. The Hall–Kier alpha value is -1.60. The number of anilines is 1. The van der Waals surface area contributed by atoms with Gasteiger partial charge in [0.15, 0.2) is 5.82 Å². The van der Waals surface area contributed by atoms with E-state index in [1.807, 2.05) is 4.90 Å². The molecular formula is C13H22N6O. The fraction of sp³-hybridized carbons (Fsp3) is 0.692. The van der Waals surface area contributed by atoms with Crippen LogP contribution >= 0.6 is 0 Å². The Morgan fingerprint density at radius 2 is 2.05 bits per heavy atom. The summed E-state index contributed by atoms with van der Waals surface area (Å²) in [6.45, 7) is 7.16. The monoisotopic (exact) mass is 278 g/mol. The molecule has 1 aromatic rings. The van der Waals surface area contributed by atoms with E-state index >= 15 is 0 Å². The lowest BCUT2D eigenvalue weighted by Gasteiger charge is -2.42. The molecule has 3 N–H and O–H groups in total. The van der Waals surface area contributed by atoms with Gasteiger partial charge < -0.3 is 16.0 Å². The van der Waals surface area contributed by atoms with Gasteiger partial charge in [-0.2, -0.15) is 4.68 Å². The molecule has 3 heterocycles. The fourth-order valence-corrected chi connectivity index (χ4v) is 3.03. The fourth-order valence-electron chi connectivity index (χ4n) is 3.03. The van der Waals surface area contributed by atoms with Crippen LogP contribution in [0.5, 0.6) is 0 Å². The zero-order chi connectivity index (χ0) is 14.4. The Morgan fingerprint density at radius 1 is 1.30 bits per heavy atom. The van der Waals surface area contributed by atoms with Gasteiger partial charge in [-0.1, -0.05) is 0 Å². The smallest absolute Gasteiger partial charge is 0.345 e. The number of nitrogens with one attached hydrogen (secondary N) is 1. The second-order valence-electron chi connectivity index (χ2n) is 5.90. The van der Waals surface area contributed by atoms with Gasteiger partial charge in [0.2, 0.25) is 0 Å². The number of likely N-dealkylation sites (N-methyl/N-ethyl adjacent to an activating group) is 1. The van der Waals surface area contributed by atoms with E-state index in [0.717, 1.165) is 24.3 Å². The van der Waals surface area contributed by atoms with Crippen molar-refractivity contribution in [2.24, 2.45) is 0 Å². The van der Waals surface area contributed by atoms with Crippen LogP contribution in [0.2, 0.25) is 0 Å². The molecule has 0 aliphatic carbocycles. The van der Waals surface area contributed by atoms with Crippen LogP contribution in [0, 0.1) is 0 Å². The van der Waals surface area contributed by atoms with Crippen molar-refractivity contribution in [1.29, 1.82) is 0 Å². The third-order valence-corrected chi connectivity index (χ3v) is 4.44. The van der Waals surface area contributed by atoms with Crippen molar-refractivity contribution in [2.45, 2.75) is 39.0 Å². The topological polar surface area (TPSA) is 79.4 Å². The Bertz CT molecular complexity index is 539. The molecule has 0 unspecified atom stereocenters. The molecule has 3 rings (SSSR count). The van der Waals surface area contributed by atoms with E-state index in [0.29, 0.717) is 24.9 Å². The first-order valence-electron chi connectivity index (χ1n) is 7.07. The minimum atomic E-state index is -0.0610. The Morgan fingerprint density at radius 3 is 2.80 bits per heavy atom. The summed E-state index contributed by atoms with van der Waals surface area (Å²) in [5.41, 5.74) is 7.77. The lowest BCUT2D eigenvalue weighted by atomic mass is 10.1. The molecule has 1 fully saturated rings. The zero-order valence-electron chi connectivity index (χ0n) is 12.3. The summed E-state index contributed by atoms with van der Waals surface area (Å²) in [5, 5.41) is 7.45. The molecule has 0 bridgehead atoms. The Labute approximate surface area is 118 Å². The lowest BCUT2D eigenvalue weighted by Crippen LogP contribution is -2.57. The number of fused-ring (bicyclic) bond motifs is 1. The molecular weight excluding hydrogens is 256 g/mol. The van der Waals surface area contributed by atoms with Crippen molar-refractivity contribution in [3.05, 3.63) is 11.3 Å². The van der Waals surface area contributed by atoms with E-state index in [1.165, 1.54) is 4.68 Å². The summed E-state index contributed by atoms with van der Waals surface area (Å²) >= 11 is 0. The first-order chi connectivity index (χ1) is 9.49. The molecule has 7 heteroatoms. The number of amides is 1. The third-order valence-electron chi connectivity index (χ3n) is 4.44. The highest BCUT2D eigenvalue weighted by Crippen LogP contribution is 2.23. The standard InChI is InChI=1S/C13H22N6O/c1-8-7-18(9(2)6-17(8)3)13(20)19-11-5-15-4-10(11)12(14)16-19/h8-9,15H,4-7H2,1-3H3,(H2,14,16)/t8-,9+/m1/s1. The zero-order valence-corrected chi connectivity index (χ0v) is 12.3. The van der Waals surface area contributed by atoms with E-state index in [1.54, 1.807) is 0 Å². The van der Waals surface area contributed by atoms with E-state index < -0.39 is 0 Å². The average molecular weight is 278 g/mol. The van der Waals surface area contributed by atoms with E-state index in [4.69, 9.17) is 5.73 Å². The maximum absolute atomic E-state index is 12.8. The Balaban J connectivity index is 1.88. The molecule has 7 nitrogen and oxygen atoms in total. The summed E-state index contributed by atoms with van der Waals surface area (Å²) in [5.74, 6) is 0.466. The maximum atomic E-state index is 12.8. The number of nitrogen functional groups attached to an aromatic ring is 1. The molecule has 0 radical (unpaired) electrons. The molecule has 2 aliphatic heterocycles. The van der Waals surface area contributed by atoms with Crippen molar-refractivity contribution in [1.82, 2.24) is 24.9 Å². The molecule has 110 valence electrons. The number of nitrogens with zero attached hydrogens (tertiary/aromatic N) is 4. The van der Waals surface area contributed by atoms with Gasteiger partial charge in [-0.05, 0) is 20.9 Å². The number of aromatic nitrogens is 2. The second kappa shape index (κ2) is 4.75. The lowest BCUT2D eigenvalue weighted by molar-refractivity contribution is 0.0801. The second-order valence-corrected chi connectivity index (χ2v) is 5.90. The highest BCUT2D eigenvalue weighted by Gasteiger charge is 2.33. The predicted octanol–water partition coefficient (Wildman–Crippen LogP) is 0.0610. The summed E-state index contributed by atoms with van der Waals surface area (Å²) < 4.78 is 1.49. The molecule has 1 amide bonds. The van der Waals surface area contributed by atoms with Crippen LogP contribution in [0.25, 0.3) is 0 Å². The minimum absolute atomic E-state index is 0.0610. The van der Waals surface area contributed by atoms with Crippen LogP contribution in [0.1, 0.15) is 25.1 Å². The number of carbonyl (C=O) groups excluding carboxylic acids is 1. The van der Waals surface area contributed by atoms with Crippen molar-refractivity contribution >= 4 is 11.8 Å². The van der Waals surface area contributed by atoms with Gasteiger partial charge in [0, 0.05) is 43.8 Å². The summed E-state index contributed by atoms with van der Waals surface area (Å²) in [6.07, 6.45) is 0. The first kappa shape index (κ1) is 13.4. The molecule has 0 aromatic carbocycles. The van der Waals surface area contributed by atoms with Crippen LogP contribution in [-0.2, 0) is 13.1 Å². The maximum Gasteiger partial charge on any atom is 0.345 e. The molecule has 0 spiro atoms. The summed E-state index contributed by atoms with van der Waals surface area (Å²) in [7, 11) is 2.09. The highest BCUT2D eigenvalue weighted by molar-refractivity contribution is 5.78. The van der Waals surface area contributed by atoms with Crippen molar-refractivity contribution in [3.8, 4) is 0 Å². The number of nitrogens with two attached hydrogens (primary N) is 1. The summed E-state index contributed by atoms with van der Waals surface area (Å²) in [6, 6.07) is 0.475. The third kappa shape index (κ3) is 1.97. The molecule has 20 heavy (non-hydrogen) atoms. The van der Waals surface area contributed by atoms with Crippen LogP contribution in [0.3, 0.4) is 0 Å². The van der Waals surface area contributed by atoms with Crippen LogP contribution in [0.4, 0.5) is 10.6 Å². The molecule has 2 aliphatic rings. The van der Waals surface area contributed by atoms with Gasteiger partial charge in [-0.25, -0.2) is 4.79 Å². The molecule has 0 saturated carbocycles. The normalized spacial score (nSPS) is 26.9. The minimum Gasteiger partial charge on any atom is -0.382 e. The van der Waals surface area contributed by atoms with Crippen molar-refractivity contribution in [2.75, 3.05) is 25.9 Å². The average Bonchev–Trinajstić information content (AvgIpc) is 2.97. The van der Waals surface area contributed by atoms with Gasteiger partial charge in [0.25, 0.3) is 0 Å². The number of hydrogen-bond donors (Lipinski definition) is 2. The number of rotatable bonds is 0. The van der Waals surface area contributed by atoms with E-state index in [2.05, 4.69) is 36.2 Å².